The number of hydrogen-bond acceptors (Lipinski definition) is 4. The molecule has 1 aliphatic heterocycles. The molecule has 0 amide bonds. The number of piperazine rings is 1. The molecule has 0 spiro atoms. The second-order valence-corrected chi connectivity index (χ2v) is 6.55. The Labute approximate surface area is 152 Å². The first kappa shape index (κ1) is 17.4. The van der Waals surface area contributed by atoms with Crippen LogP contribution in [0.4, 0.5) is 5.69 Å². The van der Waals surface area contributed by atoms with E-state index in [0.717, 1.165) is 49.0 Å². The Kier molecular flexibility index (Phi) is 5.85. The van der Waals surface area contributed by atoms with Crippen LogP contribution in [0.2, 0.25) is 5.02 Å². The van der Waals surface area contributed by atoms with E-state index < -0.39 is 5.75 Å². The third-order valence-electron chi connectivity index (χ3n) is 4.10. The van der Waals surface area contributed by atoms with Crippen molar-refractivity contribution in [2.45, 2.75) is 12.3 Å². The highest BCUT2D eigenvalue weighted by molar-refractivity contribution is 6.33. The third-order valence-corrected chi connectivity index (χ3v) is 4.51. The molecule has 4 nitrogen and oxygen atoms in total. The SMILES string of the molecule is OC(Cl)Oc1cccc(CN2CCN(c3ccccc3Cl)CC2)c1. The van der Waals surface area contributed by atoms with Gasteiger partial charge < -0.3 is 14.7 Å². The molecule has 0 aromatic heterocycles. The van der Waals surface area contributed by atoms with E-state index in [1.165, 1.54) is 0 Å². The summed E-state index contributed by atoms with van der Waals surface area (Å²) in [5.41, 5.74) is 2.24. The molecule has 1 N–H and O–H groups in total. The highest BCUT2D eigenvalue weighted by atomic mass is 35.5. The number of anilines is 1. The molecule has 1 heterocycles. The third kappa shape index (κ3) is 4.54. The van der Waals surface area contributed by atoms with Gasteiger partial charge in [0.05, 0.1) is 10.7 Å². The quantitative estimate of drug-likeness (QED) is 0.648. The van der Waals surface area contributed by atoms with Crippen LogP contribution in [0.1, 0.15) is 5.56 Å². The second-order valence-electron chi connectivity index (χ2n) is 5.77. The molecule has 1 fully saturated rings. The van der Waals surface area contributed by atoms with Gasteiger partial charge in [0.1, 0.15) is 5.75 Å². The normalized spacial score (nSPS) is 16.9. The maximum absolute atomic E-state index is 9.09. The molecule has 1 unspecified atom stereocenters. The molecule has 0 aliphatic carbocycles. The summed E-state index contributed by atoms with van der Waals surface area (Å²) in [7, 11) is 0. The van der Waals surface area contributed by atoms with Gasteiger partial charge in [-0.1, -0.05) is 35.9 Å². The molecule has 0 saturated carbocycles. The summed E-state index contributed by atoms with van der Waals surface area (Å²) in [5, 5.41) is 9.90. The molecule has 1 aliphatic rings. The lowest BCUT2D eigenvalue weighted by Crippen LogP contribution is -2.46. The van der Waals surface area contributed by atoms with Crippen LogP contribution in [0.25, 0.3) is 0 Å². The number of ether oxygens (including phenoxy) is 1. The summed E-state index contributed by atoms with van der Waals surface area (Å²) < 4.78 is 5.11. The minimum Gasteiger partial charge on any atom is -0.451 e. The van der Waals surface area contributed by atoms with E-state index in [1.807, 2.05) is 36.4 Å². The number of benzene rings is 2. The van der Waals surface area contributed by atoms with Crippen LogP contribution in [0.5, 0.6) is 5.75 Å². The smallest absolute Gasteiger partial charge is 0.277 e. The molecule has 0 bridgehead atoms. The largest absolute Gasteiger partial charge is 0.451 e. The molecule has 2 aromatic carbocycles. The van der Waals surface area contributed by atoms with E-state index in [9.17, 15) is 0 Å². The zero-order valence-corrected chi connectivity index (χ0v) is 14.7. The van der Waals surface area contributed by atoms with Crippen molar-refractivity contribution >= 4 is 28.9 Å². The second kappa shape index (κ2) is 8.08. The number of alkyl halides is 1. The molecule has 128 valence electrons. The number of rotatable bonds is 5. The first-order valence-corrected chi connectivity index (χ1v) is 8.73. The van der Waals surface area contributed by atoms with Crippen LogP contribution in [0, 0.1) is 0 Å². The minimum atomic E-state index is -1.32. The van der Waals surface area contributed by atoms with Crippen molar-refractivity contribution in [2.24, 2.45) is 0 Å². The van der Waals surface area contributed by atoms with E-state index >= 15 is 0 Å². The van der Waals surface area contributed by atoms with Crippen molar-refractivity contribution < 1.29 is 9.84 Å². The van der Waals surface area contributed by atoms with Crippen molar-refractivity contribution in [2.75, 3.05) is 31.1 Å². The monoisotopic (exact) mass is 366 g/mol. The van der Waals surface area contributed by atoms with E-state index in [1.54, 1.807) is 6.07 Å². The summed E-state index contributed by atoms with van der Waals surface area (Å²) in [5.74, 6) is -0.746. The lowest BCUT2D eigenvalue weighted by molar-refractivity contribution is 0.0553. The highest BCUT2D eigenvalue weighted by Gasteiger charge is 2.18. The predicted molar refractivity (Wildman–Crippen MR) is 97.9 cm³/mol. The van der Waals surface area contributed by atoms with Gasteiger partial charge in [-0.15, -0.1) is 0 Å². The summed E-state index contributed by atoms with van der Waals surface area (Å²) >= 11 is 11.7. The Morgan fingerprint density at radius 2 is 1.79 bits per heavy atom. The first-order valence-electron chi connectivity index (χ1n) is 7.91. The van der Waals surface area contributed by atoms with Gasteiger partial charge in [0.25, 0.3) is 5.75 Å². The Hall–Kier alpha value is -1.46. The summed E-state index contributed by atoms with van der Waals surface area (Å²) in [6, 6.07) is 15.6. The topological polar surface area (TPSA) is 35.9 Å². The number of hydrogen-bond donors (Lipinski definition) is 1. The van der Waals surface area contributed by atoms with Crippen LogP contribution in [-0.2, 0) is 6.54 Å². The average Bonchev–Trinajstić information content (AvgIpc) is 2.56. The molecule has 1 atom stereocenters. The maximum Gasteiger partial charge on any atom is 0.277 e. The van der Waals surface area contributed by atoms with Crippen molar-refractivity contribution in [3.8, 4) is 5.75 Å². The van der Waals surface area contributed by atoms with Crippen molar-refractivity contribution in [1.82, 2.24) is 4.90 Å². The van der Waals surface area contributed by atoms with Gasteiger partial charge in [0, 0.05) is 32.7 Å². The highest BCUT2D eigenvalue weighted by Crippen LogP contribution is 2.26. The number of para-hydroxylation sites is 1. The van der Waals surface area contributed by atoms with Gasteiger partial charge in [0.2, 0.25) is 0 Å². The Balaban J connectivity index is 1.57. The fourth-order valence-corrected chi connectivity index (χ4v) is 3.30. The minimum absolute atomic E-state index is 0.574. The van der Waals surface area contributed by atoms with Crippen LogP contribution >= 0.6 is 23.2 Å². The van der Waals surface area contributed by atoms with Gasteiger partial charge >= 0.3 is 0 Å². The number of aliphatic hydroxyl groups is 1. The fraction of sp³-hybridized carbons (Fsp3) is 0.333. The molecular weight excluding hydrogens is 347 g/mol. The van der Waals surface area contributed by atoms with Gasteiger partial charge in [-0.25, -0.2) is 0 Å². The summed E-state index contributed by atoms with van der Waals surface area (Å²) in [4.78, 5) is 4.71. The molecular formula is C18H20Cl2N2O2. The van der Waals surface area contributed by atoms with E-state index in [2.05, 4.69) is 15.9 Å². The average molecular weight is 367 g/mol. The molecule has 2 aromatic rings. The zero-order valence-electron chi connectivity index (χ0n) is 13.2. The lowest BCUT2D eigenvalue weighted by Gasteiger charge is -2.36. The summed E-state index contributed by atoms with van der Waals surface area (Å²) in [6.07, 6.45) is 0. The number of nitrogens with zero attached hydrogens (tertiary/aromatic N) is 2. The first-order chi connectivity index (χ1) is 11.6. The summed E-state index contributed by atoms with van der Waals surface area (Å²) in [6.45, 7) is 4.66. The Morgan fingerprint density at radius 1 is 1.04 bits per heavy atom. The van der Waals surface area contributed by atoms with Gasteiger partial charge in [-0.3, -0.25) is 4.90 Å². The molecule has 1 saturated heterocycles. The van der Waals surface area contributed by atoms with Crippen LogP contribution < -0.4 is 9.64 Å². The number of halogens is 2. The zero-order chi connectivity index (χ0) is 16.9. The van der Waals surface area contributed by atoms with Crippen LogP contribution in [0.15, 0.2) is 48.5 Å². The predicted octanol–water partition coefficient (Wildman–Crippen LogP) is 3.56. The van der Waals surface area contributed by atoms with E-state index in [4.69, 9.17) is 33.0 Å². The maximum atomic E-state index is 9.09. The molecule has 3 rings (SSSR count). The lowest BCUT2D eigenvalue weighted by atomic mass is 10.1. The Bertz CT molecular complexity index is 674. The molecule has 0 radical (unpaired) electrons. The van der Waals surface area contributed by atoms with Crippen LogP contribution in [-0.4, -0.2) is 41.9 Å². The fourth-order valence-electron chi connectivity index (χ4n) is 2.94. The van der Waals surface area contributed by atoms with Gasteiger partial charge in [0.15, 0.2) is 0 Å². The van der Waals surface area contributed by atoms with Crippen molar-refractivity contribution in [3.63, 3.8) is 0 Å². The molecule has 6 heteroatoms. The Morgan fingerprint density at radius 3 is 2.50 bits per heavy atom. The van der Waals surface area contributed by atoms with E-state index in [0.29, 0.717) is 5.75 Å². The van der Waals surface area contributed by atoms with Crippen molar-refractivity contribution in [3.05, 3.63) is 59.1 Å². The standard InChI is InChI=1S/C18H20Cl2N2O2/c19-16-6-1-2-7-17(16)22-10-8-21(9-11-22)13-14-4-3-5-15(12-14)24-18(20)23/h1-7,12,18,23H,8-11,13H2. The van der Waals surface area contributed by atoms with Gasteiger partial charge in [-0.05, 0) is 41.4 Å². The van der Waals surface area contributed by atoms with Crippen LogP contribution in [0.3, 0.4) is 0 Å². The van der Waals surface area contributed by atoms with E-state index in [-0.39, 0.29) is 0 Å². The number of aliphatic hydroxyl groups excluding tert-OH is 1. The van der Waals surface area contributed by atoms with Crippen molar-refractivity contribution in [1.29, 1.82) is 0 Å². The van der Waals surface area contributed by atoms with Gasteiger partial charge in [-0.2, -0.15) is 0 Å². The molecule has 24 heavy (non-hydrogen) atoms.